The summed E-state index contributed by atoms with van der Waals surface area (Å²) in [4.78, 5) is 5.99. The molecule has 0 atom stereocenters. The van der Waals surface area contributed by atoms with Crippen LogP contribution in [-0.2, 0) is 3.07 Å². The maximum absolute atomic E-state index is 14.1. The summed E-state index contributed by atoms with van der Waals surface area (Å²) in [7, 11) is 1.48. The van der Waals surface area contributed by atoms with Gasteiger partial charge < -0.3 is 0 Å². The Hall–Kier alpha value is -2.08. The molecule has 8 nitrogen and oxygen atoms in total. The van der Waals surface area contributed by atoms with Gasteiger partial charge in [0.05, 0.1) is 7.11 Å². The first-order chi connectivity index (χ1) is 12.2. The van der Waals surface area contributed by atoms with Gasteiger partial charge in [0, 0.05) is 0 Å². The Morgan fingerprint density at radius 2 is 2.44 bits per heavy atom. The average molecular weight is 462 g/mol. The van der Waals surface area contributed by atoms with Gasteiger partial charge in [-0.1, -0.05) is 0 Å². The molecule has 0 unspecified atom stereocenters. The van der Waals surface area contributed by atoms with Crippen molar-refractivity contribution >= 4 is 12.2 Å². The Bertz CT molecular complexity index is 719. The van der Waals surface area contributed by atoms with Crippen LogP contribution in [0.2, 0.25) is 0 Å². The average Bonchev–Trinajstić information content (AvgIpc) is 2.65. The predicted octanol–water partition coefficient (Wildman–Crippen LogP) is -2.28. The fourth-order valence-corrected chi connectivity index (χ4v) is 3.98. The van der Waals surface area contributed by atoms with Gasteiger partial charge in [-0.05, 0) is 0 Å². The number of hydrogen-bond acceptors (Lipinski definition) is 8. The zero-order valence-electron chi connectivity index (χ0n) is 13.5. The molecule has 0 aromatic heterocycles. The number of para-hydroxylation sites is 1. The van der Waals surface area contributed by atoms with Gasteiger partial charge in [-0.15, -0.1) is 0 Å². The summed E-state index contributed by atoms with van der Waals surface area (Å²) in [5.74, 6) is 0.823. The molecule has 0 bridgehead atoms. The minimum absolute atomic E-state index is 0.00188. The van der Waals surface area contributed by atoms with Crippen LogP contribution in [0.15, 0.2) is 39.9 Å². The summed E-state index contributed by atoms with van der Waals surface area (Å²) >= 11 is -0.382. The van der Waals surface area contributed by atoms with Crippen LogP contribution in [0, 0.1) is 0 Å². The fraction of sp³-hybridized carbons (Fsp3) is 0.333. The number of nitrogens with one attached hydrogen (secondary N) is 2. The second-order valence-corrected chi connectivity index (χ2v) is 7.04. The van der Waals surface area contributed by atoms with Crippen LogP contribution in [0.4, 0.5) is 4.39 Å². The van der Waals surface area contributed by atoms with Crippen LogP contribution in [0.3, 0.4) is 0 Å². The first kappa shape index (κ1) is 17.7. The quantitative estimate of drug-likeness (QED) is 0.154. The Kier molecular flexibility index (Phi) is 5.91. The van der Waals surface area contributed by atoms with E-state index in [9.17, 15) is 9.50 Å². The summed E-state index contributed by atoms with van der Waals surface area (Å²) in [5.41, 5.74) is 3.22. The van der Waals surface area contributed by atoms with Crippen molar-refractivity contribution < 1.29 is 38.9 Å². The number of methoxy groups -OCH3 is 1. The van der Waals surface area contributed by atoms with Crippen LogP contribution in [0.25, 0.3) is 0 Å². The van der Waals surface area contributed by atoms with Crippen LogP contribution in [0.5, 0.6) is 11.5 Å². The third kappa shape index (κ3) is 4.31. The number of rotatable bonds is 4. The molecule has 1 fully saturated rings. The van der Waals surface area contributed by atoms with E-state index in [1.54, 1.807) is 18.2 Å². The van der Waals surface area contributed by atoms with Crippen LogP contribution < -0.4 is 37.1 Å². The number of phenols is 1. The summed E-state index contributed by atoms with van der Waals surface area (Å²) < 4.78 is 25.2. The molecule has 0 radical (unpaired) electrons. The van der Waals surface area contributed by atoms with Crippen molar-refractivity contribution in [3.63, 3.8) is 0 Å². The monoisotopic (exact) mass is 462 g/mol. The summed E-state index contributed by atoms with van der Waals surface area (Å²) in [6.45, 7) is 1.21. The van der Waals surface area contributed by atoms with E-state index in [0.29, 0.717) is 36.2 Å². The first-order valence-corrected chi connectivity index (χ1v) is 9.91. The van der Waals surface area contributed by atoms with Gasteiger partial charge in [0.15, 0.2) is 0 Å². The van der Waals surface area contributed by atoms with Crippen LogP contribution in [-0.4, -0.2) is 53.5 Å². The standard InChI is InChI=1S/C15H18FIN5O3/c1-24-12-4-2-3-10(13(12)23)7-19-21-15-18-8-11(16)14(20-15)22-5-6-25-17-9-22/h2-4,7,23H,5-6,8-9H2,1H3,(H2,18,20,21)/q-1/b19-7-. The third-order valence-electron chi connectivity index (χ3n) is 3.52. The van der Waals surface area contributed by atoms with Gasteiger partial charge in [0.1, 0.15) is 0 Å². The zero-order valence-corrected chi connectivity index (χ0v) is 15.7. The van der Waals surface area contributed by atoms with Gasteiger partial charge in [-0.25, -0.2) is 0 Å². The SMILES string of the molecule is COc1cccc(/C=N\NC2=NCC(F)=C(N3CCO[I-]C3)N2)c1O. The van der Waals surface area contributed by atoms with E-state index >= 15 is 0 Å². The normalized spacial score (nSPS) is 18.5. The molecule has 136 valence electrons. The number of phenolic OH excluding ortho intramolecular Hbond substituents is 1. The van der Waals surface area contributed by atoms with E-state index in [0.717, 1.165) is 4.55 Å². The molecule has 0 aliphatic carbocycles. The zero-order chi connectivity index (χ0) is 17.6. The molecule has 2 aliphatic rings. The number of guanidine groups is 1. The van der Waals surface area contributed by atoms with Gasteiger partial charge >= 0.3 is 148 Å². The van der Waals surface area contributed by atoms with E-state index < -0.39 is 0 Å². The molecule has 3 rings (SSSR count). The topological polar surface area (TPSA) is 90.7 Å². The number of ether oxygens (including phenoxy) is 1. The summed E-state index contributed by atoms with van der Waals surface area (Å²) in [6.07, 6.45) is 1.44. The molecule has 0 spiro atoms. The molecule has 0 amide bonds. The Morgan fingerprint density at radius 3 is 3.20 bits per heavy atom. The second kappa shape index (κ2) is 8.34. The van der Waals surface area contributed by atoms with Crippen LogP contribution >= 0.6 is 0 Å². The van der Waals surface area contributed by atoms with E-state index in [1.165, 1.54) is 13.3 Å². The molecular formula is C15H18FIN5O3-. The number of hydrazone groups is 1. The summed E-state index contributed by atoms with van der Waals surface area (Å²) in [5, 5.41) is 17.0. The molecule has 1 aromatic rings. The van der Waals surface area contributed by atoms with Crippen molar-refractivity contribution in [1.29, 1.82) is 0 Å². The van der Waals surface area contributed by atoms with Crippen molar-refractivity contribution in [3.05, 3.63) is 35.4 Å². The number of nitrogens with zero attached hydrogens (tertiary/aromatic N) is 3. The Balaban J connectivity index is 1.62. The van der Waals surface area contributed by atoms with Crippen molar-refractivity contribution in [2.75, 3.05) is 31.4 Å². The predicted molar refractivity (Wildman–Crippen MR) is 86.5 cm³/mol. The van der Waals surface area contributed by atoms with Crippen molar-refractivity contribution in [2.45, 2.75) is 0 Å². The molecule has 25 heavy (non-hydrogen) atoms. The summed E-state index contributed by atoms with van der Waals surface area (Å²) in [6, 6.07) is 5.09. The molecule has 2 heterocycles. The van der Waals surface area contributed by atoms with Gasteiger partial charge in [0.25, 0.3) is 0 Å². The molecule has 2 aliphatic heterocycles. The maximum atomic E-state index is 14.1. The fourth-order valence-electron chi connectivity index (χ4n) is 2.25. The van der Waals surface area contributed by atoms with Crippen molar-refractivity contribution in [1.82, 2.24) is 15.6 Å². The minimum atomic E-state index is -0.382. The van der Waals surface area contributed by atoms with E-state index in [1.807, 2.05) is 4.90 Å². The molecule has 3 N–H and O–H groups in total. The Labute approximate surface area is 155 Å². The Morgan fingerprint density at radius 1 is 1.56 bits per heavy atom. The van der Waals surface area contributed by atoms with Gasteiger partial charge in [0.2, 0.25) is 0 Å². The number of halogens is 2. The molecule has 1 aromatic carbocycles. The molecular weight excluding hydrogens is 444 g/mol. The number of hydrogen-bond donors (Lipinski definition) is 3. The van der Waals surface area contributed by atoms with E-state index in [-0.39, 0.29) is 39.7 Å². The third-order valence-corrected chi connectivity index (χ3v) is 5.50. The van der Waals surface area contributed by atoms with E-state index in [4.69, 9.17) is 7.80 Å². The number of benzene rings is 1. The van der Waals surface area contributed by atoms with Crippen molar-refractivity contribution in [2.24, 2.45) is 10.1 Å². The van der Waals surface area contributed by atoms with Gasteiger partial charge in [-0.3, -0.25) is 0 Å². The number of aromatic hydroxyl groups is 1. The number of alkyl halides is 1. The molecule has 1 saturated heterocycles. The van der Waals surface area contributed by atoms with E-state index in [2.05, 4.69) is 20.8 Å². The number of aliphatic imine (C=N–C) groups is 1. The first-order valence-electron chi connectivity index (χ1n) is 7.50. The van der Waals surface area contributed by atoms with Gasteiger partial charge in [-0.2, -0.15) is 0 Å². The van der Waals surface area contributed by atoms with Crippen molar-refractivity contribution in [3.8, 4) is 11.5 Å². The second-order valence-electron chi connectivity index (χ2n) is 5.12. The van der Waals surface area contributed by atoms with Crippen LogP contribution in [0.1, 0.15) is 5.56 Å². The molecule has 10 heteroatoms. The molecule has 0 saturated carbocycles.